The van der Waals surface area contributed by atoms with Crippen molar-refractivity contribution in [3.05, 3.63) is 39.6 Å². The first kappa shape index (κ1) is 12.4. The molecule has 2 rings (SSSR count). The third-order valence-corrected chi connectivity index (χ3v) is 2.94. The summed E-state index contributed by atoms with van der Waals surface area (Å²) in [5.74, 6) is -0.536. The molecule has 0 atom stereocenters. The SMILES string of the molecule is C=C1Cc2oc(=O)c(CCCC)c(O)c2C(=O)N1. The van der Waals surface area contributed by atoms with Gasteiger partial charge in [0, 0.05) is 12.1 Å². The number of allylic oxidation sites excluding steroid dienone is 1. The standard InChI is InChI=1S/C13H15NO4/c1-3-4-5-8-11(15)10-9(18-13(8)17)6-7(2)14-12(10)16/h15H,2-6H2,1H3,(H,14,16). The van der Waals surface area contributed by atoms with Crippen LogP contribution in [0.25, 0.3) is 0 Å². The van der Waals surface area contributed by atoms with Crippen molar-refractivity contribution < 1.29 is 14.3 Å². The third-order valence-electron chi connectivity index (χ3n) is 2.94. The van der Waals surface area contributed by atoms with Gasteiger partial charge in [-0.1, -0.05) is 19.9 Å². The molecule has 96 valence electrons. The normalized spacial score (nSPS) is 14.3. The minimum absolute atomic E-state index is 0.0631. The number of hydrogen-bond donors (Lipinski definition) is 2. The van der Waals surface area contributed by atoms with E-state index < -0.39 is 11.5 Å². The van der Waals surface area contributed by atoms with Crippen LogP contribution in [0.15, 0.2) is 21.5 Å². The van der Waals surface area contributed by atoms with E-state index in [1.165, 1.54) is 0 Å². The van der Waals surface area contributed by atoms with Crippen LogP contribution in [0, 0.1) is 0 Å². The molecule has 5 nitrogen and oxygen atoms in total. The maximum Gasteiger partial charge on any atom is 0.342 e. The molecule has 1 amide bonds. The molecule has 0 bridgehead atoms. The van der Waals surface area contributed by atoms with Gasteiger partial charge in [-0.15, -0.1) is 0 Å². The van der Waals surface area contributed by atoms with Crippen molar-refractivity contribution in [2.75, 3.05) is 0 Å². The number of hydrogen-bond acceptors (Lipinski definition) is 4. The molecular weight excluding hydrogens is 234 g/mol. The number of fused-ring (bicyclic) bond motifs is 1. The van der Waals surface area contributed by atoms with Gasteiger partial charge in [-0.2, -0.15) is 0 Å². The Morgan fingerprint density at radius 1 is 1.44 bits per heavy atom. The molecule has 1 aliphatic heterocycles. The lowest BCUT2D eigenvalue weighted by Gasteiger charge is -2.18. The highest BCUT2D eigenvalue weighted by molar-refractivity contribution is 6.00. The zero-order valence-corrected chi connectivity index (χ0v) is 10.2. The summed E-state index contributed by atoms with van der Waals surface area (Å²) in [4.78, 5) is 23.5. The van der Waals surface area contributed by atoms with Gasteiger partial charge in [-0.25, -0.2) is 4.79 Å². The summed E-state index contributed by atoms with van der Waals surface area (Å²) in [5, 5.41) is 12.6. The van der Waals surface area contributed by atoms with E-state index in [0.29, 0.717) is 12.1 Å². The van der Waals surface area contributed by atoms with Crippen LogP contribution in [0.1, 0.15) is 41.4 Å². The average molecular weight is 249 g/mol. The molecule has 2 heterocycles. The molecule has 0 aromatic carbocycles. The molecule has 0 spiro atoms. The summed E-state index contributed by atoms with van der Waals surface area (Å²) in [7, 11) is 0. The second kappa shape index (κ2) is 4.68. The van der Waals surface area contributed by atoms with Gasteiger partial charge in [-0.3, -0.25) is 4.79 Å². The van der Waals surface area contributed by atoms with Gasteiger partial charge in [0.05, 0.1) is 5.56 Å². The Morgan fingerprint density at radius 2 is 2.17 bits per heavy atom. The van der Waals surface area contributed by atoms with Crippen LogP contribution in [-0.2, 0) is 12.8 Å². The fourth-order valence-corrected chi connectivity index (χ4v) is 2.00. The first-order valence-corrected chi connectivity index (χ1v) is 5.91. The van der Waals surface area contributed by atoms with Gasteiger partial charge in [0.2, 0.25) is 0 Å². The molecular formula is C13H15NO4. The Hall–Kier alpha value is -2.04. The van der Waals surface area contributed by atoms with E-state index in [1.807, 2.05) is 6.92 Å². The Balaban J connectivity index is 2.55. The van der Waals surface area contributed by atoms with Crippen molar-refractivity contribution in [1.82, 2.24) is 5.32 Å². The number of carbonyl (C=O) groups is 1. The number of carbonyl (C=O) groups excluding carboxylic acids is 1. The number of unbranched alkanes of at least 4 members (excludes halogenated alkanes) is 1. The lowest BCUT2D eigenvalue weighted by Crippen LogP contribution is -2.31. The molecule has 1 aromatic rings. The molecule has 2 N–H and O–H groups in total. The molecule has 0 fully saturated rings. The summed E-state index contributed by atoms with van der Waals surface area (Å²) in [5.41, 5.74) is 0.130. The Bertz CT molecular complexity index is 571. The van der Waals surface area contributed by atoms with Crippen molar-refractivity contribution in [3.63, 3.8) is 0 Å². The minimum atomic E-state index is -0.567. The quantitative estimate of drug-likeness (QED) is 0.850. The summed E-state index contributed by atoms with van der Waals surface area (Å²) < 4.78 is 5.11. The first-order chi connectivity index (χ1) is 8.54. The first-order valence-electron chi connectivity index (χ1n) is 5.91. The van der Waals surface area contributed by atoms with Crippen molar-refractivity contribution in [2.45, 2.75) is 32.6 Å². The Kier molecular flexibility index (Phi) is 3.23. The monoisotopic (exact) mass is 249 g/mol. The van der Waals surface area contributed by atoms with Crippen LogP contribution < -0.4 is 10.9 Å². The predicted molar refractivity (Wildman–Crippen MR) is 65.6 cm³/mol. The molecule has 18 heavy (non-hydrogen) atoms. The largest absolute Gasteiger partial charge is 0.506 e. The van der Waals surface area contributed by atoms with Crippen LogP contribution in [0.3, 0.4) is 0 Å². The molecule has 5 heteroatoms. The number of aromatic hydroxyl groups is 1. The molecule has 0 saturated heterocycles. The van der Waals surface area contributed by atoms with Crippen molar-refractivity contribution >= 4 is 5.91 Å². The Labute approximate surface area is 104 Å². The van der Waals surface area contributed by atoms with Gasteiger partial charge < -0.3 is 14.8 Å². The van der Waals surface area contributed by atoms with E-state index >= 15 is 0 Å². The fourth-order valence-electron chi connectivity index (χ4n) is 2.00. The van der Waals surface area contributed by atoms with Gasteiger partial charge in [0.15, 0.2) is 0 Å². The highest BCUT2D eigenvalue weighted by Gasteiger charge is 2.28. The van der Waals surface area contributed by atoms with Gasteiger partial charge in [0.25, 0.3) is 5.91 Å². The summed E-state index contributed by atoms with van der Waals surface area (Å²) in [6.45, 7) is 5.60. The second-order valence-electron chi connectivity index (χ2n) is 4.35. The van der Waals surface area contributed by atoms with Crippen molar-refractivity contribution in [2.24, 2.45) is 0 Å². The fraction of sp³-hybridized carbons (Fsp3) is 0.385. The van der Waals surface area contributed by atoms with Crippen LogP contribution in [0.2, 0.25) is 0 Å². The number of nitrogens with one attached hydrogen (secondary N) is 1. The van der Waals surface area contributed by atoms with E-state index in [-0.39, 0.29) is 29.1 Å². The maximum absolute atomic E-state index is 11.8. The molecule has 0 saturated carbocycles. The summed E-state index contributed by atoms with van der Waals surface area (Å²) in [6, 6.07) is 0. The zero-order chi connectivity index (χ0) is 13.3. The lowest BCUT2D eigenvalue weighted by atomic mass is 10.0. The zero-order valence-electron chi connectivity index (χ0n) is 10.2. The summed E-state index contributed by atoms with van der Waals surface area (Å²) >= 11 is 0. The molecule has 1 aromatic heterocycles. The van der Waals surface area contributed by atoms with Crippen LogP contribution in [-0.4, -0.2) is 11.0 Å². The topological polar surface area (TPSA) is 79.5 Å². The average Bonchev–Trinajstić information content (AvgIpc) is 2.27. The van der Waals surface area contributed by atoms with Crippen LogP contribution in [0.5, 0.6) is 5.75 Å². The van der Waals surface area contributed by atoms with E-state index in [4.69, 9.17) is 4.42 Å². The second-order valence-corrected chi connectivity index (χ2v) is 4.35. The highest BCUT2D eigenvalue weighted by atomic mass is 16.4. The molecule has 0 unspecified atom stereocenters. The van der Waals surface area contributed by atoms with Crippen LogP contribution in [0.4, 0.5) is 0 Å². The third kappa shape index (κ3) is 2.03. The highest BCUT2D eigenvalue weighted by Crippen LogP contribution is 2.28. The molecule has 0 aliphatic carbocycles. The Morgan fingerprint density at radius 3 is 2.83 bits per heavy atom. The molecule has 0 radical (unpaired) electrons. The summed E-state index contributed by atoms with van der Waals surface area (Å²) in [6.07, 6.45) is 2.29. The van der Waals surface area contributed by atoms with Gasteiger partial charge in [-0.05, 0) is 12.8 Å². The van der Waals surface area contributed by atoms with Gasteiger partial charge >= 0.3 is 5.63 Å². The smallest absolute Gasteiger partial charge is 0.342 e. The van der Waals surface area contributed by atoms with Crippen molar-refractivity contribution in [3.8, 4) is 5.75 Å². The lowest BCUT2D eigenvalue weighted by molar-refractivity contribution is 0.0950. The number of rotatable bonds is 3. The van der Waals surface area contributed by atoms with Crippen LogP contribution >= 0.6 is 0 Å². The van der Waals surface area contributed by atoms with Gasteiger partial charge in [0.1, 0.15) is 17.1 Å². The molecule has 1 aliphatic rings. The van der Waals surface area contributed by atoms with E-state index in [1.54, 1.807) is 0 Å². The van der Waals surface area contributed by atoms with Crippen molar-refractivity contribution in [1.29, 1.82) is 0 Å². The minimum Gasteiger partial charge on any atom is -0.506 e. The predicted octanol–water partition coefficient (Wildman–Crippen LogP) is 1.49. The maximum atomic E-state index is 11.8. The van der Waals surface area contributed by atoms with E-state index in [9.17, 15) is 14.7 Å². The number of amides is 1. The van der Waals surface area contributed by atoms with E-state index in [0.717, 1.165) is 12.8 Å². The van der Waals surface area contributed by atoms with E-state index in [2.05, 4.69) is 11.9 Å².